The van der Waals surface area contributed by atoms with Gasteiger partial charge in [-0.3, -0.25) is 14.4 Å². The third-order valence-corrected chi connectivity index (χ3v) is 6.52. The first-order chi connectivity index (χ1) is 14.5. The lowest BCUT2D eigenvalue weighted by Crippen LogP contribution is -2.38. The summed E-state index contributed by atoms with van der Waals surface area (Å²) in [5.41, 5.74) is 0. The van der Waals surface area contributed by atoms with Gasteiger partial charge >= 0.3 is 5.97 Å². The Morgan fingerprint density at radius 3 is 2.20 bits per heavy atom. The van der Waals surface area contributed by atoms with E-state index in [0.29, 0.717) is 37.0 Å². The predicted octanol–water partition coefficient (Wildman–Crippen LogP) is 3.41. The van der Waals surface area contributed by atoms with Gasteiger partial charge in [0.15, 0.2) is 0 Å². The Hall–Kier alpha value is -1.63. The molecule has 0 aliphatic carbocycles. The second-order valence-corrected chi connectivity index (χ2v) is 8.84. The monoisotopic (exact) mass is 424 g/mol. The molecule has 4 unspecified atom stereocenters. The number of carboxylic acids is 1. The highest BCUT2D eigenvalue weighted by Crippen LogP contribution is 2.46. The first-order valence-electron chi connectivity index (χ1n) is 11.9. The van der Waals surface area contributed by atoms with Gasteiger partial charge in [0, 0.05) is 19.4 Å². The van der Waals surface area contributed by atoms with Gasteiger partial charge in [-0.25, -0.2) is 0 Å². The first kappa shape index (κ1) is 24.6. The van der Waals surface area contributed by atoms with Crippen LogP contribution in [0.4, 0.5) is 0 Å². The van der Waals surface area contributed by atoms with Gasteiger partial charge < -0.3 is 20.5 Å². The van der Waals surface area contributed by atoms with Gasteiger partial charge in [-0.15, -0.1) is 0 Å². The summed E-state index contributed by atoms with van der Waals surface area (Å²) in [5, 5.41) is 14.3. The molecule has 2 bridgehead atoms. The molecule has 2 fully saturated rings. The fourth-order valence-electron chi connectivity index (χ4n) is 4.92. The number of hydrogen-bond acceptors (Lipinski definition) is 4. The summed E-state index contributed by atoms with van der Waals surface area (Å²) in [6.07, 6.45) is 12.6. The van der Waals surface area contributed by atoms with Crippen LogP contribution >= 0.6 is 0 Å². The maximum Gasteiger partial charge on any atom is 0.303 e. The molecule has 2 heterocycles. The topological polar surface area (TPSA) is 105 Å². The van der Waals surface area contributed by atoms with Crippen molar-refractivity contribution in [2.45, 2.75) is 103 Å². The molecule has 0 aromatic rings. The minimum absolute atomic E-state index is 0.0523. The smallest absolute Gasteiger partial charge is 0.303 e. The molecule has 2 aliphatic heterocycles. The number of carboxylic acid groups (broad SMARTS) is 1. The molecule has 0 spiro atoms. The van der Waals surface area contributed by atoms with Gasteiger partial charge in [0.2, 0.25) is 11.8 Å². The molecule has 172 valence electrons. The minimum atomic E-state index is -0.713. The van der Waals surface area contributed by atoms with Crippen LogP contribution in [-0.2, 0) is 19.1 Å². The van der Waals surface area contributed by atoms with Gasteiger partial charge in [-0.1, -0.05) is 39.0 Å². The summed E-state index contributed by atoms with van der Waals surface area (Å²) in [6.45, 7) is 2.77. The lowest BCUT2D eigenvalue weighted by atomic mass is 9.75. The van der Waals surface area contributed by atoms with Crippen LogP contribution in [0.5, 0.6) is 0 Å². The summed E-state index contributed by atoms with van der Waals surface area (Å²) in [4.78, 5) is 34.3. The quantitative estimate of drug-likeness (QED) is 0.329. The van der Waals surface area contributed by atoms with Crippen LogP contribution < -0.4 is 10.6 Å². The molecule has 2 amide bonds. The van der Waals surface area contributed by atoms with E-state index in [-0.39, 0.29) is 24.8 Å². The molecule has 3 N–H and O–H groups in total. The number of unbranched alkanes of at least 4 members (excludes halogenated alkanes) is 5. The Bertz CT molecular complexity index is 554. The van der Waals surface area contributed by atoms with E-state index in [2.05, 4.69) is 17.6 Å². The maximum absolute atomic E-state index is 12.0. The van der Waals surface area contributed by atoms with Crippen LogP contribution in [0.2, 0.25) is 0 Å². The van der Waals surface area contributed by atoms with Crippen LogP contribution in [0.1, 0.15) is 90.4 Å². The summed E-state index contributed by atoms with van der Waals surface area (Å²) in [6, 6.07) is 0. The maximum atomic E-state index is 12.0. The molecular formula is C23H40N2O5. The second kappa shape index (κ2) is 13.6. The third kappa shape index (κ3) is 8.62. The van der Waals surface area contributed by atoms with Gasteiger partial charge in [0.25, 0.3) is 0 Å². The zero-order valence-electron chi connectivity index (χ0n) is 18.5. The van der Waals surface area contributed by atoms with E-state index < -0.39 is 5.97 Å². The van der Waals surface area contributed by atoms with E-state index in [1.165, 1.54) is 0 Å². The molecule has 4 atom stereocenters. The highest BCUT2D eigenvalue weighted by atomic mass is 16.5. The SMILES string of the molecule is CCCCCC(=O)NCC(=O)NCCC1C2CCC(O2)C1CCCCCCC(=O)O. The Kier molecular flexibility index (Phi) is 11.2. The highest BCUT2D eigenvalue weighted by molar-refractivity contribution is 5.84. The summed E-state index contributed by atoms with van der Waals surface area (Å²) < 4.78 is 6.14. The van der Waals surface area contributed by atoms with Crippen LogP contribution in [0.15, 0.2) is 0 Å². The van der Waals surface area contributed by atoms with E-state index in [4.69, 9.17) is 9.84 Å². The molecule has 30 heavy (non-hydrogen) atoms. The summed E-state index contributed by atoms with van der Waals surface area (Å²) in [7, 11) is 0. The lowest BCUT2D eigenvalue weighted by Gasteiger charge is -2.28. The molecule has 0 saturated carbocycles. The molecule has 2 aliphatic rings. The van der Waals surface area contributed by atoms with Gasteiger partial charge in [0.05, 0.1) is 18.8 Å². The zero-order chi connectivity index (χ0) is 21.8. The number of aliphatic carboxylic acids is 1. The Balaban J connectivity index is 1.60. The number of nitrogens with one attached hydrogen (secondary N) is 2. The van der Waals surface area contributed by atoms with Crippen molar-refractivity contribution in [3.63, 3.8) is 0 Å². The van der Waals surface area contributed by atoms with Gasteiger partial charge in [0.1, 0.15) is 0 Å². The van der Waals surface area contributed by atoms with Crippen molar-refractivity contribution in [2.75, 3.05) is 13.1 Å². The molecule has 7 nitrogen and oxygen atoms in total. The van der Waals surface area contributed by atoms with Crippen molar-refractivity contribution >= 4 is 17.8 Å². The van der Waals surface area contributed by atoms with Gasteiger partial charge in [-0.2, -0.15) is 0 Å². The van der Waals surface area contributed by atoms with Crippen LogP contribution in [0, 0.1) is 11.8 Å². The normalized spacial score (nSPS) is 24.7. The number of amides is 2. The number of ether oxygens (including phenoxy) is 1. The number of rotatable bonds is 16. The van der Waals surface area contributed by atoms with E-state index in [0.717, 1.165) is 70.6 Å². The molecule has 2 rings (SSSR count). The average Bonchev–Trinajstić information content (AvgIpc) is 3.31. The first-order valence-corrected chi connectivity index (χ1v) is 11.9. The van der Waals surface area contributed by atoms with Crippen molar-refractivity contribution in [3.05, 3.63) is 0 Å². The molecule has 2 saturated heterocycles. The number of carbonyl (C=O) groups is 3. The molecular weight excluding hydrogens is 384 g/mol. The Morgan fingerprint density at radius 2 is 1.50 bits per heavy atom. The largest absolute Gasteiger partial charge is 0.481 e. The third-order valence-electron chi connectivity index (χ3n) is 6.52. The summed E-state index contributed by atoms with van der Waals surface area (Å²) in [5.74, 6) is 0.154. The van der Waals surface area contributed by atoms with E-state index in [1.54, 1.807) is 0 Å². The van der Waals surface area contributed by atoms with Crippen molar-refractivity contribution in [3.8, 4) is 0 Å². The van der Waals surface area contributed by atoms with E-state index in [9.17, 15) is 14.4 Å². The van der Waals surface area contributed by atoms with E-state index in [1.807, 2.05) is 0 Å². The minimum Gasteiger partial charge on any atom is -0.481 e. The van der Waals surface area contributed by atoms with E-state index >= 15 is 0 Å². The van der Waals surface area contributed by atoms with Crippen molar-refractivity contribution in [1.29, 1.82) is 0 Å². The number of fused-ring (bicyclic) bond motifs is 2. The second-order valence-electron chi connectivity index (χ2n) is 8.84. The summed E-state index contributed by atoms with van der Waals surface area (Å²) >= 11 is 0. The molecule has 7 heteroatoms. The van der Waals surface area contributed by atoms with Crippen molar-refractivity contribution < 1.29 is 24.2 Å². The van der Waals surface area contributed by atoms with Crippen molar-refractivity contribution in [2.24, 2.45) is 11.8 Å². The fourth-order valence-corrected chi connectivity index (χ4v) is 4.92. The Morgan fingerprint density at radius 1 is 0.833 bits per heavy atom. The number of hydrogen-bond donors (Lipinski definition) is 3. The average molecular weight is 425 g/mol. The standard InChI is InChI=1S/C23H40N2O5/c1-2-3-6-10-21(26)25-16-22(27)24-15-14-18-17(19-12-13-20(18)30-19)9-7-4-5-8-11-23(28)29/h17-20H,2-16H2,1H3,(H,24,27)(H,25,26)(H,28,29). The van der Waals surface area contributed by atoms with Crippen LogP contribution in [0.25, 0.3) is 0 Å². The zero-order valence-corrected chi connectivity index (χ0v) is 18.5. The molecule has 0 aromatic carbocycles. The van der Waals surface area contributed by atoms with Gasteiger partial charge in [-0.05, 0) is 50.4 Å². The van der Waals surface area contributed by atoms with Crippen molar-refractivity contribution in [1.82, 2.24) is 10.6 Å². The van der Waals surface area contributed by atoms with Crippen LogP contribution in [0.3, 0.4) is 0 Å². The highest BCUT2D eigenvalue weighted by Gasteiger charge is 2.47. The molecule has 0 radical (unpaired) electrons. The molecule has 0 aromatic heterocycles. The van der Waals surface area contributed by atoms with Crippen LogP contribution in [-0.4, -0.2) is 48.2 Å². The Labute approximate surface area is 180 Å². The predicted molar refractivity (Wildman–Crippen MR) is 115 cm³/mol. The fraction of sp³-hybridized carbons (Fsp3) is 0.870. The lowest BCUT2D eigenvalue weighted by molar-refractivity contribution is -0.137. The number of carbonyl (C=O) groups excluding carboxylic acids is 2.